The fourth-order valence-corrected chi connectivity index (χ4v) is 14.5. The second-order valence-corrected chi connectivity index (χ2v) is 15.9. The van der Waals surface area contributed by atoms with Crippen LogP contribution in [0.1, 0.15) is 81.1 Å². The van der Waals surface area contributed by atoms with Gasteiger partial charge >= 0.3 is 0 Å². The van der Waals surface area contributed by atoms with Crippen molar-refractivity contribution in [3.8, 4) is 0 Å². The van der Waals surface area contributed by atoms with Crippen LogP contribution in [0.4, 0.5) is 0 Å². The smallest absolute Gasteiger partial charge is 0.0143 e. The lowest BCUT2D eigenvalue weighted by molar-refractivity contribution is 0.543. The highest BCUT2D eigenvalue weighted by molar-refractivity contribution is 7.73. The number of benzene rings is 1. The van der Waals surface area contributed by atoms with E-state index in [1.165, 1.54) is 25.7 Å². The molecule has 0 aromatic heterocycles. The fraction of sp³-hybridized carbons (Fsp3) is 0.769. The van der Waals surface area contributed by atoms with Crippen LogP contribution in [0.15, 0.2) is 24.3 Å². The van der Waals surface area contributed by atoms with Crippen LogP contribution in [-0.2, 0) is 0 Å². The average Bonchev–Trinajstić information content (AvgIpc) is 3.26. The van der Waals surface area contributed by atoms with Gasteiger partial charge in [0, 0.05) is 0 Å². The fourth-order valence-electron chi connectivity index (χ4n) is 5.96. The molecule has 2 fully saturated rings. The minimum absolute atomic E-state index is 0.0433. The van der Waals surface area contributed by atoms with E-state index in [1.54, 1.807) is 0 Å². The first-order valence-electron chi connectivity index (χ1n) is 11.9. The molecule has 0 saturated carbocycles. The van der Waals surface area contributed by atoms with Crippen LogP contribution < -0.4 is 10.6 Å². The molecule has 0 nitrogen and oxygen atoms in total. The Hall–Kier alpha value is 0.0800. The number of rotatable bonds is 6. The summed E-state index contributed by atoms with van der Waals surface area (Å²) in [5.41, 5.74) is 3.71. The topological polar surface area (TPSA) is 0 Å². The Morgan fingerprint density at radius 2 is 0.786 bits per heavy atom. The molecule has 2 heteroatoms. The SMILES string of the molecule is CC(C)C1CC[C@H](C(C)C)P1c1ccccc1P1[C@@H](C(C)C)CC[C@@H]1C(C)C. The number of hydrogen-bond acceptors (Lipinski definition) is 0. The van der Waals surface area contributed by atoms with Crippen molar-refractivity contribution in [3.63, 3.8) is 0 Å². The zero-order valence-electron chi connectivity index (χ0n) is 19.7. The molecule has 158 valence electrons. The van der Waals surface area contributed by atoms with E-state index in [2.05, 4.69) is 79.7 Å². The van der Waals surface area contributed by atoms with Gasteiger partial charge in [-0.3, -0.25) is 0 Å². The first-order chi connectivity index (χ1) is 13.2. The summed E-state index contributed by atoms with van der Waals surface area (Å²) in [4.78, 5) is 0. The summed E-state index contributed by atoms with van der Waals surface area (Å²) >= 11 is 0. The lowest BCUT2D eigenvalue weighted by Crippen LogP contribution is -2.34. The van der Waals surface area contributed by atoms with Crippen LogP contribution in [0.3, 0.4) is 0 Å². The quantitative estimate of drug-likeness (QED) is 0.418. The lowest BCUT2D eigenvalue weighted by atomic mass is 10.0. The van der Waals surface area contributed by atoms with Gasteiger partial charge in [0.05, 0.1) is 0 Å². The first kappa shape index (κ1) is 22.8. The molecule has 0 aliphatic carbocycles. The molecule has 0 radical (unpaired) electrons. The van der Waals surface area contributed by atoms with Gasteiger partial charge in [0.1, 0.15) is 0 Å². The molecule has 2 aliphatic rings. The van der Waals surface area contributed by atoms with Gasteiger partial charge in [0.25, 0.3) is 0 Å². The standard InChI is InChI=1S/C26H44P2/c1-17(2)21-13-14-22(18(3)4)27(21)25-11-9-10-12-26(25)28-23(19(5)6)15-16-24(28)20(7)8/h9-12,17-24H,13-16H2,1-8H3/t21-,22-,23-,24?,28?/m1/s1. The molecule has 3 rings (SSSR count). The molecule has 0 spiro atoms. The van der Waals surface area contributed by atoms with E-state index >= 15 is 0 Å². The molecule has 2 unspecified atom stereocenters. The maximum absolute atomic E-state index is 2.58. The minimum Gasteiger partial charge on any atom is -0.0677 e. The van der Waals surface area contributed by atoms with Crippen LogP contribution in [0.5, 0.6) is 0 Å². The predicted molar refractivity (Wildman–Crippen MR) is 133 cm³/mol. The molecule has 2 aliphatic heterocycles. The summed E-state index contributed by atoms with van der Waals surface area (Å²) in [6.07, 6.45) is 5.83. The van der Waals surface area contributed by atoms with E-state index in [0.29, 0.717) is 0 Å². The Morgan fingerprint density at radius 3 is 1.00 bits per heavy atom. The van der Waals surface area contributed by atoms with Crippen LogP contribution >= 0.6 is 15.8 Å². The zero-order chi connectivity index (χ0) is 20.6. The zero-order valence-corrected chi connectivity index (χ0v) is 21.4. The van der Waals surface area contributed by atoms with Gasteiger partial charge in [-0.05, 0) is 82.6 Å². The monoisotopic (exact) mass is 418 g/mol. The van der Waals surface area contributed by atoms with E-state index in [-0.39, 0.29) is 15.8 Å². The highest BCUT2D eigenvalue weighted by Gasteiger charge is 2.44. The van der Waals surface area contributed by atoms with Gasteiger partial charge in [-0.2, -0.15) is 0 Å². The summed E-state index contributed by atoms with van der Waals surface area (Å²) in [5, 5.41) is 3.66. The largest absolute Gasteiger partial charge is 0.0677 e. The molecule has 1 aromatic rings. The van der Waals surface area contributed by atoms with E-state index in [9.17, 15) is 0 Å². The van der Waals surface area contributed by atoms with Crippen LogP contribution in [-0.4, -0.2) is 22.6 Å². The number of hydrogen-bond donors (Lipinski definition) is 0. The van der Waals surface area contributed by atoms with Crippen molar-refractivity contribution >= 4 is 26.5 Å². The van der Waals surface area contributed by atoms with Crippen LogP contribution in [0, 0.1) is 23.7 Å². The third-order valence-electron chi connectivity index (χ3n) is 7.46. The Labute approximate surface area is 178 Å². The van der Waals surface area contributed by atoms with Crippen molar-refractivity contribution in [2.75, 3.05) is 0 Å². The second-order valence-electron chi connectivity index (χ2n) is 10.7. The lowest BCUT2D eigenvalue weighted by Gasteiger charge is -2.37. The summed E-state index contributed by atoms with van der Waals surface area (Å²) in [6, 6.07) is 9.86. The van der Waals surface area contributed by atoms with Gasteiger partial charge in [-0.25, -0.2) is 0 Å². The van der Waals surface area contributed by atoms with Gasteiger partial charge in [0.15, 0.2) is 0 Å². The third kappa shape index (κ3) is 4.40. The van der Waals surface area contributed by atoms with Gasteiger partial charge in [0.2, 0.25) is 0 Å². The second kappa shape index (κ2) is 9.48. The van der Waals surface area contributed by atoms with E-state index < -0.39 is 0 Å². The van der Waals surface area contributed by atoms with Crippen LogP contribution in [0.25, 0.3) is 0 Å². The molecule has 0 amide bonds. The molecule has 28 heavy (non-hydrogen) atoms. The minimum atomic E-state index is -0.0433. The molecular formula is C26H44P2. The molecule has 2 saturated heterocycles. The van der Waals surface area contributed by atoms with Gasteiger partial charge in [-0.15, -0.1) is 0 Å². The van der Waals surface area contributed by atoms with E-state index in [1.807, 2.05) is 10.6 Å². The molecular weight excluding hydrogens is 374 g/mol. The Balaban J connectivity index is 2.08. The van der Waals surface area contributed by atoms with Crippen molar-refractivity contribution < 1.29 is 0 Å². The van der Waals surface area contributed by atoms with Crippen molar-refractivity contribution in [1.82, 2.24) is 0 Å². The molecule has 0 N–H and O–H groups in total. The summed E-state index contributed by atoms with van der Waals surface area (Å²) in [5.74, 6) is 3.28. The normalized spacial score (nSPS) is 31.8. The van der Waals surface area contributed by atoms with E-state index in [4.69, 9.17) is 0 Å². The van der Waals surface area contributed by atoms with Crippen molar-refractivity contribution in [3.05, 3.63) is 24.3 Å². The molecule has 5 atom stereocenters. The molecule has 1 aromatic carbocycles. The average molecular weight is 419 g/mol. The van der Waals surface area contributed by atoms with E-state index in [0.717, 1.165) is 46.3 Å². The predicted octanol–water partition coefficient (Wildman–Crippen LogP) is 7.59. The summed E-state index contributed by atoms with van der Waals surface area (Å²) in [7, 11) is -0.0867. The Bertz CT molecular complexity index is 546. The Kier molecular flexibility index (Phi) is 7.70. The highest BCUT2D eigenvalue weighted by atomic mass is 31.1. The summed E-state index contributed by atoms with van der Waals surface area (Å²) in [6.45, 7) is 19.9. The van der Waals surface area contributed by atoms with Crippen molar-refractivity contribution in [2.45, 2.75) is 104 Å². The van der Waals surface area contributed by atoms with Gasteiger partial charge in [-0.1, -0.05) is 95.5 Å². The summed E-state index contributed by atoms with van der Waals surface area (Å²) < 4.78 is 0. The maximum Gasteiger partial charge on any atom is -0.0143 e. The Morgan fingerprint density at radius 1 is 0.536 bits per heavy atom. The molecule has 2 heterocycles. The third-order valence-corrected chi connectivity index (χ3v) is 15.8. The van der Waals surface area contributed by atoms with Gasteiger partial charge < -0.3 is 0 Å². The van der Waals surface area contributed by atoms with Crippen molar-refractivity contribution in [1.29, 1.82) is 0 Å². The molecule has 0 bridgehead atoms. The highest BCUT2D eigenvalue weighted by Crippen LogP contribution is 2.63. The van der Waals surface area contributed by atoms with Crippen LogP contribution in [0.2, 0.25) is 0 Å². The first-order valence-corrected chi connectivity index (χ1v) is 14.9. The van der Waals surface area contributed by atoms with Crippen molar-refractivity contribution in [2.24, 2.45) is 23.7 Å². The maximum atomic E-state index is 2.58.